The Kier molecular flexibility index (Phi) is 6.92. The Morgan fingerprint density at radius 1 is 1.00 bits per heavy atom. The van der Waals surface area contributed by atoms with E-state index in [9.17, 15) is 8.42 Å². The van der Waals surface area contributed by atoms with E-state index in [0.717, 1.165) is 19.4 Å². The lowest BCUT2D eigenvalue weighted by Gasteiger charge is -2.30. The number of rotatable bonds is 6. The summed E-state index contributed by atoms with van der Waals surface area (Å²) in [5, 5.41) is 3.50. The monoisotopic (exact) mass is 317 g/mol. The number of piperidine rings is 1. The van der Waals surface area contributed by atoms with Crippen LogP contribution in [0.5, 0.6) is 0 Å². The second kappa shape index (κ2) is 8.46. The maximum atomic E-state index is 12.2. The van der Waals surface area contributed by atoms with Gasteiger partial charge in [0.2, 0.25) is 0 Å². The molecular weight excluding hydrogens is 286 g/mol. The van der Waals surface area contributed by atoms with Crippen LogP contribution in [0.1, 0.15) is 58.3 Å². The number of nitrogens with one attached hydrogen (secondary N) is 2. The van der Waals surface area contributed by atoms with Crippen LogP contribution in [-0.2, 0) is 10.2 Å². The Morgan fingerprint density at radius 3 is 2.38 bits per heavy atom. The average Bonchev–Trinajstić information content (AvgIpc) is 2.72. The van der Waals surface area contributed by atoms with Crippen molar-refractivity contribution < 1.29 is 8.42 Å². The summed E-state index contributed by atoms with van der Waals surface area (Å²) in [6.07, 6.45) is 9.87. The standard InChI is InChI=1S/C15H31N3O2S/c1-14-7-6-12-18(13-14)21(19,20)17-11-10-16-15-8-4-2-3-5-9-15/h14-17H,2-13H2,1H3. The first kappa shape index (κ1) is 17.2. The topological polar surface area (TPSA) is 61.4 Å². The minimum Gasteiger partial charge on any atom is -0.313 e. The molecule has 21 heavy (non-hydrogen) atoms. The molecule has 0 aromatic heterocycles. The molecule has 1 aliphatic heterocycles. The lowest BCUT2D eigenvalue weighted by Crippen LogP contribution is -2.47. The van der Waals surface area contributed by atoms with Crippen LogP contribution >= 0.6 is 0 Å². The zero-order valence-corrected chi connectivity index (χ0v) is 14.1. The van der Waals surface area contributed by atoms with Crippen molar-refractivity contribution in [3.8, 4) is 0 Å². The molecule has 0 spiro atoms. The zero-order valence-electron chi connectivity index (χ0n) is 13.3. The minimum atomic E-state index is -3.28. The van der Waals surface area contributed by atoms with Crippen LogP contribution < -0.4 is 10.0 Å². The fourth-order valence-electron chi connectivity index (χ4n) is 3.40. The SMILES string of the molecule is CC1CCCN(S(=O)(=O)NCCNC2CCCCCC2)C1. The molecule has 124 valence electrons. The van der Waals surface area contributed by atoms with Crippen molar-refractivity contribution in [2.75, 3.05) is 26.2 Å². The summed E-state index contributed by atoms with van der Waals surface area (Å²) < 4.78 is 28.8. The summed E-state index contributed by atoms with van der Waals surface area (Å²) in [7, 11) is -3.28. The van der Waals surface area contributed by atoms with E-state index in [1.807, 2.05) is 0 Å². The van der Waals surface area contributed by atoms with E-state index in [0.29, 0.717) is 31.6 Å². The first-order chi connectivity index (χ1) is 10.1. The van der Waals surface area contributed by atoms with Gasteiger partial charge in [0, 0.05) is 32.2 Å². The molecule has 1 unspecified atom stereocenters. The Labute approximate surface area is 130 Å². The molecule has 1 heterocycles. The van der Waals surface area contributed by atoms with Crippen molar-refractivity contribution in [3.63, 3.8) is 0 Å². The number of hydrogen-bond acceptors (Lipinski definition) is 3. The first-order valence-electron chi connectivity index (χ1n) is 8.56. The van der Waals surface area contributed by atoms with Crippen LogP contribution in [0, 0.1) is 5.92 Å². The van der Waals surface area contributed by atoms with Gasteiger partial charge in [0.05, 0.1) is 0 Å². The van der Waals surface area contributed by atoms with Crippen LogP contribution in [0.4, 0.5) is 0 Å². The summed E-state index contributed by atoms with van der Waals surface area (Å²) in [5.74, 6) is 0.472. The van der Waals surface area contributed by atoms with E-state index in [2.05, 4.69) is 17.0 Å². The lowest BCUT2D eigenvalue weighted by molar-refractivity contribution is 0.278. The fourth-order valence-corrected chi connectivity index (χ4v) is 4.76. The summed E-state index contributed by atoms with van der Waals surface area (Å²) in [4.78, 5) is 0. The Balaban J connectivity index is 1.67. The zero-order chi connectivity index (χ0) is 15.1. The van der Waals surface area contributed by atoms with Gasteiger partial charge in [-0.25, -0.2) is 4.72 Å². The van der Waals surface area contributed by atoms with Gasteiger partial charge in [0.25, 0.3) is 10.2 Å². The summed E-state index contributed by atoms with van der Waals surface area (Å²) in [6, 6.07) is 0.576. The summed E-state index contributed by atoms with van der Waals surface area (Å²) >= 11 is 0. The van der Waals surface area contributed by atoms with Crippen LogP contribution in [0.3, 0.4) is 0 Å². The van der Waals surface area contributed by atoms with E-state index in [1.165, 1.54) is 38.5 Å². The Hall–Kier alpha value is -0.170. The van der Waals surface area contributed by atoms with Gasteiger partial charge in [0.1, 0.15) is 0 Å². The highest BCUT2D eigenvalue weighted by molar-refractivity contribution is 7.87. The molecule has 1 aliphatic carbocycles. The molecule has 2 rings (SSSR count). The summed E-state index contributed by atoms with van der Waals surface area (Å²) in [5.41, 5.74) is 0. The van der Waals surface area contributed by atoms with Crippen molar-refractivity contribution in [2.24, 2.45) is 5.92 Å². The largest absolute Gasteiger partial charge is 0.313 e. The van der Waals surface area contributed by atoms with Crippen molar-refractivity contribution in [1.29, 1.82) is 0 Å². The maximum absolute atomic E-state index is 12.2. The van der Waals surface area contributed by atoms with Crippen molar-refractivity contribution in [3.05, 3.63) is 0 Å². The second-order valence-corrected chi connectivity index (χ2v) is 8.40. The van der Waals surface area contributed by atoms with Gasteiger partial charge in [-0.1, -0.05) is 32.6 Å². The predicted molar refractivity (Wildman–Crippen MR) is 86.4 cm³/mol. The molecule has 0 aromatic carbocycles. The van der Waals surface area contributed by atoms with E-state index in [-0.39, 0.29) is 0 Å². The van der Waals surface area contributed by atoms with Gasteiger partial charge in [-0.2, -0.15) is 12.7 Å². The predicted octanol–water partition coefficient (Wildman–Crippen LogP) is 1.87. The van der Waals surface area contributed by atoms with Gasteiger partial charge in [0.15, 0.2) is 0 Å². The third-order valence-corrected chi connectivity index (χ3v) is 6.24. The van der Waals surface area contributed by atoms with E-state index < -0.39 is 10.2 Å². The van der Waals surface area contributed by atoms with Gasteiger partial charge < -0.3 is 5.32 Å². The van der Waals surface area contributed by atoms with Gasteiger partial charge in [-0.3, -0.25) is 0 Å². The number of nitrogens with zero attached hydrogens (tertiary/aromatic N) is 1. The summed E-state index contributed by atoms with van der Waals surface area (Å²) in [6.45, 7) is 4.66. The smallest absolute Gasteiger partial charge is 0.279 e. The van der Waals surface area contributed by atoms with E-state index in [1.54, 1.807) is 4.31 Å². The quantitative estimate of drug-likeness (QED) is 0.581. The van der Waals surface area contributed by atoms with E-state index >= 15 is 0 Å². The molecule has 5 nitrogen and oxygen atoms in total. The van der Waals surface area contributed by atoms with Crippen LogP contribution in [0.25, 0.3) is 0 Å². The normalized spacial score (nSPS) is 26.6. The van der Waals surface area contributed by atoms with E-state index in [4.69, 9.17) is 0 Å². The highest BCUT2D eigenvalue weighted by Crippen LogP contribution is 2.18. The molecule has 2 fully saturated rings. The van der Waals surface area contributed by atoms with Crippen LogP contribution in [-0.4, -0.2) is 44.9 Å². The molecule has 0 amide bonds. The fraction of sp³-hybridized carbons (Fsp3) is 1.00. The molecule has 0 aromatic rings. The molecular formula is C15H31N3O2S. The van der Waals surface area contributed by atoms with Gasteiger partial charge >= 0.3 is 0 Å². The highest BCUT2D eigenvalue weighted by Gasteiger charge is 2.26. The second-order valence-electron chi connectivity index (χ2n) is 6.65. The van der Waals surface area contributed by atoms with Crippen molar-refractivity contribution >= 4 is 10.2 Å². The molecule has 2 N–H and O–H groups in total. The van der Waals surface area contributed by atoms with Crippen LogP contribution in [0.15, 0.2) is 0 Å². The molecule has 1 saturated carbocycles. The Morgan fingerprint density at radius 2 is 1.71 bits per heavy atom. The third-order valence-electron chi connectivity index (χ3n) is 4.66. The van der Waals surface area contributed by atoms with Crippen molar-refractivity contribution in [2.45, 2.75) is 64.3 Å². The Bertz CT molecular complexity index is 392. The van der Waals surface area contributed by atoms with Gasteiger partial charge in [-0.05, 0) is 31.6 Å². The molecule has 1 saturated heterocycles. The molecule has 1 atom stereocenters. The molecule has 2 aliphatic rings. The molecule has 6 heteroatoms. The maximum Gasteiger partial charge on any atom is 0.279 e. The first-order valence-corrected chi connectivity index (χ1v) is 10.00. The average molecular weight is 317 g/mol. The van der Waals surface area contributed by atoms with Crippen LogP contribution in [0.2, 0.25) is 0 Å². The van der Waals surface area contributed by atoms with Gasteiger partial charge in [-0.15, -0.1) is 0 Å². The molecule has 0 radical (unpaired) electrons. The third kappa shape index (κ3) is 5.85. The molecule has 0 bridgehead atoms. The van der Waals surface area contributed by atoms with Crippen molar-refractivity contribution in [1.82, 2.24) is 14.3 Å². The minimum absolute atomic E-state index is 0.472. The lowest BCUT2D eigenvalue weighted by atomic mass is 10.0. The highest BCUT2D eigenvalue weighted by atomic mass is 32.2. The number of hydrogen-bond donors (Lipinski definition) is 2.